The van der Waals surface area contributed by atoms with Crippen LogP contribution in [0.3, 0.4) is 0 Å². The van der Waals surface area contributed by atoms with Gasteiger partial charge in [0.05, 0.1) is 19.8 Å². The van der Waals surface area contributed by atoms with Crippen LogP contribution < -0.4 is 0 Å². The van der Waals surface area contributed by atoms with E-state index in [0.29, 0.717) is 19.8 Å². The molecule has 0 saturated carbocycles. The zero-order valence-corrected chi connectivity index (χ0v) is 10.7. The summed E-state index contributed by atoms with van der Waals surface area (Å²) in [5, 5.41) is 0. The Bertz CT molecular complexity index is 246. The molecule has 2 rings (SSSR count). The monoisotopic (exact) mass is 241 g/mol. The van der Waals surface area contributed by atoms with Gasteiger partial charge >= 0.3 is 0 Å². The van der Waals surface area contributed by atoms with Gasteiger partial charge in [0.1, 0.15) is 0 Å². The largest absolute Gasteiger partial charge is 0.378 e. The van der Waals surface area contributed by atoms with Crippen LogP contribution in [0.5, 0.6) is 0 Å². The molecule has 2 heterocycles. The zero-order valence-electron chi connectivity index (χ0n) is 10.7. The standard InChI is InChI=1S/C12H23N3O2/c1-2-13-3-5-14(6-4-13)11-12(16)15-7-9-17-10-8-15/h2-11H2,1H3. The van der Waals surface area contributed by atoms with E-state index >= 15 is 0 Å². The van der Waals surface area contributed by atoms with Crippen molar-refractivity contribution in [3.05, 3.63) is 0 Å². The number of nitrogens with zero attached hydrogens (tertiary/aromatic N) is 3. The van der Waals surface area contributed by atoms with Crippen LogP contribution in [-0.4, -0.2) is 86.2 Å². The van der Waals surface area contributed by atoms with Gasteiger partial charge in [0.15, 0.2) is 0 Å². The lowest BCUT2D eigenvalue weighted by molar-refractivity contribution is -0.136. The number of carbonyl (C=O) groups excluding carboxylic acids is 1. The van der Waals surface area contributed by atoms with Crippen LogP contribution >= 0.6 is 0 Å². The minimum atomic E-state index is 0.262. The van der Waals surface area contributed by atoms with Crippen molar-refractivity contribution in [2.75, 3.05) is 65.6 Å². The van der Waals surface area contributed by atoms with Gasteiger partial charge in [0.2, 0.25) is 5.91 Å². The summed E-state index contributed by atoms with van der Waals surface area (Å²) in [5.74, 6) is 0.262. The molecule has 2 saturated heterocycles. The molecule has 0 aliphatic carbocycles. The summed E-state index contributed by atoms with van der Waals surface area (Å²) in [6.07, 6.45) is 0. The van der Waals surface area contributed by atoms with Crippen molar-refractivity contribution in [1.29, 1.82) is 0 Å². The molecule has 2 fully saturated rings. The van der Waals surface area contributed by atoms with Crippen molar-refractivity contribution in [1.82, 2.24) is 14.7 Å². The molecule has 98 valence electrons. The van der Waals surface area contributed by atoms with Gasteiger partial charge in [0.25, 0.3) is 0 Å². The summed E-state index contributed by atoms with van der Waals surface area (Å²) < 4.78 is 5.25. The SMILES string of the molecule is CCN1CCN(CC(=O)N2CCOCC2)CC1. The molecule has 0 unspecified atom stereocenters. The quantitative estimate of drug-likeness (QED) is 0.666. The minimum absolute atomic E-state index is 0.262. The van der Waals surface area contributed by atoms with E-state index in [1.165, 1.54) is 0 Å². The number of ether oxygens (including phenoxy) is 1. The van der Waals surface area contributed by atoms with E-state index in [1.54, 1.807) is 0 Å². The van der Waals surface area contributed by atoms with E-state index in [2.05, 4.69) is 16.7 Å². The summed E-state index contributed by atoms with van der Waals surface area (Å²) >= 11 is 0. The van der Waals surface area contributed by atoms with Crippen LogP contribution in [-0.2, 0) is 9.53 Å². The van der Waals surface area contributed by atoms with Crippen molar-refractivity contribution >= 4 is 5.91 Å². The molecule has 0 spiro atoms. The second-order valence-electron chi connectivity index (χ2n) is 4.70. The number of hydrogen-bond acceptors (Lipinski definition) is 4. The predicted octanol–water partition coefficient (Wildman–Crippen LogP) is -0.517. The smallest absolute Gasteiger partial charge is 0.236 e. The highest BCUT2D eigenvalue weighted by atomic mass is 16.5. The van der Waals surface area contributed by atoms with Crippen LogP contribution in [0, 0.1) is 0 Å². The highest BCUT2D eigenvalue weighted by Crippen LogP contribution is 2.03. The summed E-state index contributed by atoms with van der Waals surface area (Å²) in [6, 6.07) is 0. The van der Waals surface area contributed by atoms with Gasteiger partial charge < -0.3 is 14.5 Å². The Morgan fingerprint density at radius 2 is 1.59 bits per heavy atom. The van der Waals surface area contributed by atoms with E-state index in [4.69, 9.17) is 4.74 Å². The Kier molecular flexibility index (Phi) is 4.76. The Hall–Kier alpha value is -0.650. The molecule has 2 aliphatic heterocycles. The third-order valence-corrected chi connectivity index (χ3v) is 3.63. The average Bonchev–Trinajstić information content (AvgIpc) is 2.40. The third-order valence-electron chi connectivity index (χ3n) is 3.63. The molecule has 0 aromatic rings. The lowest BCUT2D eigenvalue weighted by Gasteiger charge is -2.35. The molecular weight excluding hydrogens is 218 g/mol. The van der Waals surface area contributed by atoms with Gasteiger partial charge in [-0.15, -0.1) is 0 Å². The maximum absolute atomic E-state index is 12.0. The summed E-state index contributed by atoms with van der Waals surface area (Å²) in [7, 11) is 0. The minimum Gasteiger partial charge on any atom is -0.378 e. The van der Waals surface area contributed by atoms with Crippen molar-refractivity contribution in [3.63, 3.8) is 0 Å². The molecular formula is C12H23N3O2. The van der Waals surface area contributed by atoms with Crippen molar-refractivity contribution in [2.24, 2.45) is 0 Å². The fourth-order valence-corrected chi connectivity index (χ4v) is 2.37. The normalized spacial score (nSPS) is 23.9. The fourth-order valence-electron chi connectivity index (χ4n) is 2.37. The number of morpholine rings is 1. The number of likely N-dealkylation sites (N-methyl/N-ethyl adjacent to an activating group) is 1. The second kappa shape index (κ2) is 6.33. The maximum Gasteiger partial charge on any atom is 0.236 e. The Morgan fingerprint density at radius 1 is 1.00 bits per heavy atom. The van der Waals surface area contributed by atoms with Gasteiger partial charge in [-0.05, 0) is 6.54 Å². The van der Waals surface area contributed by atoms with Crippen LogP contribution in [0.15, 0.2) is 0 Å². The first-order valence-corrected chi connectivity index (χ1v) is 6.60. The second-order valence-corrected chi connectivity index (χ2v) is 4.70. The van der Waals surface area contributed by atoms with Crippen molar-refractivity contribution in [2.45, 2.75) is 6.92 Å². The first-order chi connectivity index (χ1) is 8.29. The molecule has 0 aromatic carbocycles. The highest BCUT2D eigenvalue weighted by molar-refractivity contribution is 5.78. The van der Waals surface area contributed by atoms with Crippen LogP contribution in [0.1, 0.15) is 6.92 Å². The number of piperazine rings is 1. The lowest BCUT2D eigenvalue weighted by Crippen LogP contribution is -2.51. The molecule has 5 heteroatoms. The van der Waals surface area contributed by atoms with E-state index in [9.17, 15) is 4.79 Å². The average molecular weight is 241 g/mol. The number of amides is 1. The Labute approximate surface area is 103 Å². The summed E-state index contributed by atoms with van der Waals surface area (Å²) in [4.78, 5) is 18.7. The molecule has 2 aliphatic rings. The highest BCUT2D eigenvalue weighted by Gasteiger charge is 2.22. The predicted molar refractivity (Wildman–Crippen MR) is 66.0 cm³/mol. The number of rotatable bonds is 3. The topological polar surface area (TPSA) is 36.0 Å². The molecule has 17 heavy (non-hydrogen) atoms. The van der Waals surface area contributed by atoms with Gasteiger partial charge in [-0.3, -0.25) is 9.69 Å². The first-order valence-electron chi connectivity index (χ1n) is 6.60. The third kappa shape index (κ3) is 3.66. The van der Waals surface area contributed by atoms with E-state index in [-0.39, 0.29) is 5.91 Å². The van der Waals surface area contributed by atoms with Crippen molar-refractivity contribution < 1.29 is 9.53 Å². The molecule has 0 atom stereocenters. The van der Waals surface area contributed by atoms with Crippen LogP contribution in [0.2, 0.25) is 0 Å². The summed E-state index contributed by atoms with van der Waals surface area (Å²) in [5.41, 5.74) is 0. The van der Waals surface area contributed by atoms with Gasteiger partial charge in [-0.1, -0.05) is 6.92 Å². The zero-order chi connectivity index (χ0) is 12.1. The van der Waals surface area contributed by atoms with Gasteiger partial charge in [0, 0.05) is 39.3 Å². The number of hydrogen-bond donors (Lipinski definition) is 0. The molecule has 0 N–H and O–H groups in total. The fraction of sp³-hybridized carbons (Fsp3) is 0.917. The first kappa shape index (κ1) is 12.8. The maximum atomic E-state index is 12.0. The Balaban J connectivity index is 1.71. The molecule has 5 nitrogen and oxygen atoms in total. The van der Waals surface area contributed by atoms with Gasteiger partial charge in [-0.25, -0.2) is 0 Å². The molecule has 0 aromatic heterocycles. The molecule has 0 radical (unpaired) electrons. The van der Waals surface area contributed by atoms with Crippen LogP contribution in [0.25, 0.3) is 0 Å². The van der Waals surface area contributed by atoms with E-state index in [1.807, 2.05) is 4.90 Å². The summed E-state index contributed by atoms with van der Waals surface area (Å²) in [6.45, 7) is 11.0. The molecule has 1 amide bonds. The van der Waals surface area contributed by atoms with Crippen molar-refractivity contribution in [3.8, 4) is 0 Å². The van der Waals surface area contributed by atoms with E-state index < -0.39 is 0 Å². The lowest BCUT2D eigenvalue weighted by atomic mass is 10.3. The van der Waals surface area contributed by atoms with Crippen LogP contribution in [0.4, 0.5) is 0 Å². The number of carbonyl (C=O) groups is 1. The van der Waals surface area contributed by atoms with E-state index in [0.717, 1.165) is 45.8 Å². The molecule has 0 bridgehead atoms. The van der Waals surface area contributed by atoms with Gasteiger partial charge in [-0.2, -0.15) is 0 Å². The Morgan fingerprint density at radius 3 is 2.18 bits per heavy atom.